The van der Waals surface area contributed by atoms with Crippen LogP contribution in [0.4, 0.5) is 0 Å². The van der Waals surface area contributed by atoms with Gasteiger partial charge in [-0.15, -0.1) is 0 Å². The molecule has 0 unspecified atom stereocenters. The molecular formula is C12H14N2OS. The van der Waals surface area contributed by atoms with Gasteiger partial charge in [0.25, 0.3) is 5.22 Å². The van der Waals surface area contributed by atoms with Gasteiger partial charge >= 0.3 is 0 Å². The molecule has 0 amide bonds. The highest BCUT2D eigenvalue weighted by molar-refractivity contribution is 7.99. The lowest BCUT2D eigenvalue weighted by Crippen LogP contribution is -2.03. The summed E-state index contributed by atoms with van der Waals surface area (Å²) in [6.07, 6.45) is 2.54. The highest BCUT2D eigenvalue weighted by Gasteiger charge is 2.07. The maximum absolute atomic E-state index is 5.58. The fourth-order valence-electron chi connectivity index (χ4n) is 1.44. The van der Waals surface area contributed by atoms with E-state index in [0.717, 1.165) is 17.0 Å². The van der Waals surface area contributed by atoms with Crippen molar-refractivity contribution in [1.29, 1.82) is 0 Å². The van der Waals surface area contributed by atoms with Crippen molar-refractivity contribution in [2.75, 3.05) is 6.54 Å². The van der Waals surface area contributed by atoms with Gasteiger partial charge in [-0.3, -0.25) is 0 Å². The smallest absolute Gasteiger partial charge is 0.260 e. The van der Waals surface area contributed by atoms with E-state index in [4.69, 9.17) is 10.2 Å². The largest absolute Gasteiger partial charge is 0.439 e. The Balaban J connectivity index is 2.20. The second-order valence-electron chi connectivity index (χ2n) is 3.50. The van der Waals surface area contributed by atoms with Crippen molar-refractivity contribution < 1.29 is 4.42 Å². The lowest BCUT2D eigenvalue weighted by atomic mass is 10.1. The van der Waals surface area contributed by atoms with Crippen LogP contribution in [0.2, 0.25) is 0 Å². The van der Waals surface area contributed by atoms with Crippen molar-refractivity contribution >= 4 is 11.8 Å². The molecule has 0 aliphatic rings. The highest BCUT2D eigenvalue weighted by atomic mass is 32.2. The van der Waals surface area contributed by atoms with Crippen molar-refractivity contribution in [3.8, 4) is 0 Å². The Morgan fingerprint density at radius 3 is 2.88 bits per heavy atom. The molecule has 0 spiro atoms. The predicted molar refractivity (Wildman–Crippen MR) is 64.6 cm³/mol. The third-order valence-corrected chi connectivity index (χ3v) is 3.16. The van der Waals surface area contributed by atoms with Crippen molar-refractivity contribution in [3.05, 3.63) is 41.8 Å². The van der Waals surface area contributed by atoms with Crippen LogP contribution in [0, 0.1) is 6.92 Å². The van der Waals surface area contributed by atoms with E-state index in [1.807, 2.05) is 19.1 Å². The molecule has 2 N–H and O–H groups in total. The normalized spacial score (nSPS) is 10.6. The molecule has 0 fully saturated rings. The minimum absolute atomic E-state index is 0.655. The van der Waals surface area contributed by atoms with Crippen molar-refractivity contribution in [1.82, 2.24) is 4.98 Å². The van der Waals surface area contributed by atoms with Gasteiger partial charge in [-0.25, -0.2) is 4.98 Å². The minimum Gasteiger partial charge on any atom is -0.439 e. The first-order valence-electron chi connectivity index (χ1n) is 5.17. The number of benzene rings is 1. The molecule has 0 atom stereocenters. The molecular weight excluding hydrogens is 220 g/mol. The van der Waals surface area contributed by atoms with Gasteiger partial charge in [-0.2, -0.15) is 0 Å². The summed E-state index contributed by atoms with van der Waals surface area (Å²) < 4.78 is 5.32. The maximum atomic E-state index is 5.58. The molecule has 4 heteroatoms. The van der Waals surface area contributed by atoms with Crippen LogP contribution in [-0.4, -0.2) is 11.5 Å². The fourth-order valence-corrected chi connectivity index (χ4v) is 2.36. The first-order valence-corrected chi connectivity index (χ1v) is 5.99. The summed E-state index contributed by atoms with van der Waals surface area (Å²) in [5, 5.41) is 0.682. The molecule has 2 aromatic rings. The number of nitrogens with two attached hydrogens (primary N) is 1. The zero-order valence-electron chi connectivity index (χ0n) is 9.14. The molecule has 1 aromatic heterocycles. The van der Waals surface area contributed by atoms with Crippen LogP contribution in [0.25, 0.3) is 0 Å². The van der Waals surface area contributed by atoms with Gasteiger partial charge in [-0.1, -0.05) is 18.2 Å². The Morgan fingerprint density at radius 1 is 1.38 bits per heavy atom. The van der Waals surface area contributed by atoms with Crippen LogP contribution in [-0.2, 0) is 6.42 Å². The number of hydrogen-bond donors (Lipinski definition) is 1. The molecule has 84 valence electrons. The third kappa shape index (κ3) is 2.65. The van der Waals surface area contributed by atoms with E-state index in [9.17, 15) is 0 Å². The molecule has 0 saturated carbocycles. The average Bonchev–Trinajstić information content (AvgIpc) is 2.67. The van der Waals surface area contributed by atoms with Gasteiger partial charge in [0.05, 0.1) is 5.69 Å². The summed E-state index contributed by atoms with van der Waals surface area (Å²) in [5.74, 6) is 0. The van der Waals surface area contributed by atoms with Crippen LogP contribution in [0.1, 0.15) is 11.3 Å². The zero-order valence-corrected chi connectivity index (χ0v) is 9.96. The SMILES string of the molecule is Cc1coc(Sc2ccccc2CCN)n1. The summed E-state index contributed by atoms with van der Waals surface area (Å²) in [6.45, 7) is 2.57. The quantitative estimate of drug-likeness (QED) is 0.883. The van der Waals surface area contributed by atoms with Crippen LogP contribution in [0.5, 0.6) is 0 Å². The van der Waals surface area contributed by atoms with E-state index in [-0.39, 0.29) is 0 Å². The molecule has 0 aliphatic heterocycles. The predicted octanol–water partition coefficient (Wildman–Crippen LogP) is 2.64. The standard InChI is InChI=1S/C12H14N2OS/c1-9-8-15-12(14-9)16-11-5-3-2-4-10(11)6-7-13/h2-5,8H,6-7,13H2,1H3. The van der Waals surface area contributed by atoms with E-state index in [2.05, 4.69) is 17.1 Å². The molecule has 0 radical (unpaired) electrons. The molecule has 0 saturated heterocycles. The molecule has 3 nitrogen and oxygen atoms in total. The number of oxazole rings is 1. The monoisotopic (exact) mass is 234 g/mol. The van der Waals surface area contributed by atoms with Gasteiger partial charge < -0.3 is 10.2 Å². The Hall–Kier alpha value is -1.26. The summed E-state index contributed by atoms with van der Waals surface area (Å²) in [6, 6.07) is 8.19. The number of aryl methyl sites for hydroxylation is 1. The Kier molecular flexibility index (Phi) is 3.64. The molecule has 16 heavy (non-hydrogen) atoms. The molecule has 1 heterocycles. The van der Waals surface area contributed by atoms with E-state index in [1.165, 1.54) is 5.56 Å². The van der Waals surface area contributed by atoms with Gasteiger partial charge in [0.15, 0.2) is 0 Å². The van der Waals surface area contributed by atoms with Crippen LogP contribution < -0.4 is 5.73 Å². The second-order valence-corrected chi connectivity index (χ2v) is 4.50. The van der Waals surface area contributed by atoms with Gasteiger partial charge in [0, 0.05) is 4.90 Å². The topological polar surface area (TPSA) is 52.0 Å². The summed E-state index contributed by atoms with van der Waals surface area (Å²) >= 11 is 1.54. The summed E-state index contributed by atoms with van der Waals surface area (Å²) in [7, 11) is 0. The van der Waals surface area contributed by atoms with Crippen LogP contribution in [0.3, 0.4) is 0 Å². The van der Waals surface area contributed by atoms with Crippen molar-refractivity contribution in [3.63, 3.8) is 0 Å². The first-order chi connectivity index (χ1) is 7.79. The van der Waals surface area contributed by atoms with Crippen LogP contribution >= 0.6 is 11.8 Å². The Morgan fingerprint density at radius 2 is 2.19 bits per heavy atom. The molecule has 1 aromatic carbocycles. The molecule has 0 bridgehead atoms. The van der Waals surface area contributed by atoms with Gasteiger partial charge in [0.2, 0.25) is 0 Å². The third-order valence-electron chi connectivity index (χ3n) is 2.18. The fraction of sp³-hybridized carbons (Fsp3) is 0.250. The second kappa shape index (κ2) is 5.18. The van der Waals surface area contributed by atoms with E-state index in [1.54, 1.807) is 18.0 Å². The number of aromatic nitrogens is 1. The average molecular weight is 234 g/mol. The number of nitrogens with zero attached hydrogens (tertiary/aromatic N) is 1. The Labute approximate surface area is 99.1 Å². The minimum atomic E-state index is 0.655. The van der Waals surface area contributed by atoms with Crippen molar-refractivity contribution in [2.45, 2.75) is 23.5 Å². The molecule has 2 rings (SSSR count). The van der Waals surface area contributed by atoms with Gasteiger partial charge in [0.1, 0.15) is 6.26 Å². The van der Waals surface area contributed by atoms with E-state index < -0.39 is 0 Å². The maximum Gasteiger partial charge on any atom is 0.260 e. The number of hydrogen-bond acceptors (Lipinski definition) is 4. The lowest BCUT2D eigenvalue weighted by Gasteiger charge is -2.05. The zero-order chi connectivity index (χ0) is 11.4. The first kappa shape index (κ1) is 11.2. The number of rotatable bonds is 4. The van der Waals surface area contributed by atoms with Crippen molar-refractivity contribution in [2.24, 2.45) is 5.73 Å². The Bertz CT molecular complexity index is 468. The van der Waals surface area contributed by atoms with Gasteiger partial charge in [-0.05, 0) is 43.3 Å². The van der Waals surface area contributed by atoms with E-state index in [0.29, 0.717) is 11.8 Å². The lowest BCUT2D eigenvalue weighted by molar-refractivity contribution is 0.454. The summed E-state index contributed by atoms with van der Waals surface area (Å²) in [4.78, 5) is 5.43. The highest BCUT2D eigenvalue weighted by Crippen LogP contribution is 2.29. The van der Waals surface area contributed by atoms with Crippen LogP contribution in [0.15, 0.2) is 45.1 Å². The molecule has 0 aliphatic carbocycles. The summed E-state index contributed by atoms with van der Waals surface area (Å²) in [5.41, 5.74) is 7.72. The van der Waals surface area contributed by atoms with E-state index >= 15 is 0 Å².